The first-order chi connectivity index (χ1) is 37.8. The van der Waals surface area contributed by atoms with Gasteiger partial charge in [-0.25, -0.2) is 18.1 Å². The molecule has 1 saturated heterocycles. The molecule has 0 radical (unpaired) electrons. The molecule has 5 aromatic carbocycles. The topological polar surface area (TPSA) is 224 Å². The van der Waals surface area contributed by atoms with Crippen LogP contribution < -0.4 is 59.2 Å². The molecule has 0 saturated carbocycles. The second-order valence-electron chi connectivity index (χ2n) is 18.0. The molecule has 79 heavy (non-hydrogen) atoms. The molecule has 24 heteroatoms. The van der Waals surface area contributed by atoms with E-state index in [0.29, 0.717) is 61.3 Å². The van der Waals surface area contributed by atoms with Crippen molar-refractivity contribution in [3.63, 3.8) is 0 Å². The maximum absolute atomic E-state index is 13.8. The van der Waals surface area contributed by atoms with Crippen LogP contribution in [0.15, 0.2) is 142 Å². The van der Waals surface area contributed by atoms with Crippen LogP contribution in [0.1, 0.15) is 38.1 Å². The third-order valence-corrected chi connectivity index (χ3v) is 16.5. The average Bonchev–Trinajstić information content (AvgIpc) is 4.33. The second kappa shape index (κ2) is 27.7. The van der Waals surface area contributed by atoms with Crippen LogP contribution >= 0.6 is 35.1 Å². The van der Waals surface area contributed by atoms with Crippen LogP contribution in [0.25, 0.3) is 38.2 Å². The number of thioether (sulfide) groups is 1. The normalized spacial score (nSPS) is 15.9. The molecular formula is C55H55N6NaO13S4. The Hall–Kier alpha value is -5.64. The third kappa shape index (κ3) is 14.3. The Balaban J connectivity index is 0.00000822. The van der Waals surface area contributed by atoms with Gasteiger partial charge >= 0.3 is 35.6 Å². The molecule has 0 unspecified atom stereocenters. The minimum atomic E-state index is -4.41. The first-order valence-corrected chi connectivity index (χ1v) is 29.2. The Bertz CT molecular complexity index is 3430. The molecule has 6 aromatic rings. The number of rotatable bonds is 25. The maximum atomic E-state index is 13.8. The maximum Gasteiger partial charge on any atom is 1.00 e. The minimum Gasteiger partial charge on any atom is -0.748 e. The number of allylic oxidation sites excluding steroid dienone is 2. The van der Waals surface area contributed by atoms with Crippen LogP contribution in [-0.2, 0) is 49.9 Å². The summed E-state index contributed by atoms with van der Waals surface area (Å²) < 4.78 is 60.6. The van der Waals surface area contributed by atoms with E-state index in [1.165, 1.54) is 12.2 Å². The SMILES string of the molecule is CCCCN1C(=O)C(=CC=C2Oc3ccc(SOO[O-])cc3N2CC)C(=O)N(CC(=O)NCCOCCOCCN2C(=Cc3sc4ccc5ccccc5c4[n+]3CCCS(=O)(=O)[O-])Sc3ccc(-c4ccccc4)cc32)C1=O.[Na+]. The fourth-order valence-corrected chi connectivity index (χ4v) is 12.4. The largest absolute Gasteiger partial charge is 1.00 e. The van der Waals surface area contributed by atoms with Crippen molar-refractivity contribution >= 4 is 107 Å². The van der Waals surface area contributed by atoms with Crippen molar-refractivity contribution in [1.82, 2.24) is 15.1 Å². The van der Waals surface area contributed by atoms with E-state index >= 15 is 0 Å². The fraction of sp³-hybridized carbons (Fsp3) is 0.291. The number of aromatic nitrogens is 1. The van der Waals surface area contributed by atoms with E-state index in [4.69, 9.17) is 14.2 Å². The van der Waals surface area contributed by atoms with E-state index in [0.717, 1.165) is 74.6 Å². The number of thiazole rings is 1. The molecule has 1 N–H and O–H groups in total. The number of hydrogen-bond donors (Lipinski definition) is 1. The van der Waals surface area contributed by atoms with E-state index in [1.54, 1.807) is 46.2 Å². The number of anilines is 2. The average molecular weight is 1160 g/mol. The van der Waals surface area contributed by atoms with Gasteiger partial charge in [0.25, 0.3) is 16.8 Å². The predicted molar refractivity (Wildman–Crippen MR) is 294 cm³/mol. The summed E-state index contributed by atoms with van der Waals surface area (Å²) in [4.78, 5) is 61.5. The molecule has 1 fully saturated rings. The summed E-state index contributed by atoms with van der Waals surface area (Å²) in [7, 11) is -4.41. The van der Waals surface area contributed by atoms with Crippen molar-refractivity contribution < 1.29 is 95.1 Å². The van der Waals surface area contributed by atoms with Crippen molar-refractivity contribution in [3.05, 3.63) is 137 Å². The van der Waals surface area contributed by atoms with E-state index in [-0.39, 0.29) is 74.5 Å². The molecule has 4 heterocycles. The Morgan fingerprint density at radius 2 is 1.58 bits per heavy atom. The molecule has 3 aliphatic heterocycles. The van der Waals surface area contributed by atoms with Crippen LogP contribution in [-0.4, -0.2) is 111 Å². The predicted octanol–water partition coefficient (Wildman–Crippen LogP) is 4.52. The number of barbiturate groups is 1. The molecule has 3 aliphatic rings. The Kier molecular flexibility index (Phi) is 20.8. The number of unbranched alkanes of at least 4 members (excludes halogenated alkanes) is 1. The van der Waals surface area contributed by atoms with Crippen LogP contribution in [0.4, 0.5) is 16.2 Å². The smallest absolute Gasteiger partial charge is 0.748 e. The molecule has 1 aromatic heterocycles. The minimum absolute atomic E-state index is 0. The van der Waals surface area contributed by atoms with E-state index in [9.17, 15) is 37.4 Å². The molecule has 5 amide bonds. The van der Waals surface area contributed by atoms with E-state index < -0.39 is 46.2 Å². The van der Waals surface area contributed by atoms with Gasteiger partial charge in [-0.05, 0) is 84.5 Å². The number of hydrogen-bond acceptors (Lipinski definition) is 18. The van der Waals surface area contributed by atoms with Gasteiger partial charge in [0.2, 0.25) is 17.3 Å². The first kappa shape index (κ1) is 59.5. The zero-order chi connectivity index (χ0) is 54.8. The van der Waals surface area contributed by atoms with Crippen molar-refractivity contribution in [1.29, 1.82) is 0 Å². The van der Waals surface area contributed by atoms with Gasteiger partial charge in [-0.15, -0.1) is 0 Å². The molecular weight excluding hydrogens is 1100 g/mol. The Morgan fingerprint density at radius 3 is 2.35 bits per heavy atom. The molecule has 0 atom stereocenters. The fourth-order valence-electron chi connectivity index (χ4n) is 9.19. The van der Waals surface area contributed by atoms with Gasteiger partial charge < -0.3 is 39.1 Å². The summed E-state index contributed by atoms with van der Waals surface area (Å²) in [6, 6.07) is 32.9. The van der Waals surface area contributed by atoms with Gasteiger partial charge in [0.1, 0.15) is 16.8 Å². The van der Waals surface area contributed by atoms with E-state index in [1.807, 2.05) is 50.2 Å². The van der Waals surface area contributed by atoms with Gasteiger partial charge in [0.05, 0.1) is 76.5 Å². The van der Waals surface area contributed by atoms with Crippen molar-refractivity contribution in [2.75, 3.05) is 74.7 Å². The van der Waals surface area contributed by atoms with Crippen LogP contribution in [0.3, 0.4) is 0 Å². The van der Waals surface area contributed by atoms with Crippen LogP contribution in [0, 0.1) is 0 Å². The summed E-state index contributed by atoms with van der Waals surface area (Å²) in [6.45, 7) is 5.44. The number of nitrogens with zero attached hydrogens (tertiary/aromatic N) is 5. The summed E-state index contributed by atoms with van der Waals surface area (Å²) >= 11 is 3.96. The van der Waals surface area contributed by atoms with Crippen LogP contribution in [0.2, 0.25) is 0 Å². The van der Waals surface area contributed by atoms with E-state index in [2.05, 4.69) is 78.8 Å². The third-order valence-electron chi connectivity index (χ3n) is 12.9. The van der Waals surface area contributed by atoms with Crippen molar-refractivity contribution in [2.24, 2.45) is 0 Å². The monoisotopic (exact) mass is 1160 g/mol. The standard InChI is InChI=1S/C55H56N6O13S4.Na/c1-3-5-25-60-53(63)42(19-23-49-57(4-2)43-34-40(77-74-73-66)18-20-45(43)72-49)54(64)61(55(60)65)36-48(62)56-24-28-70-30-31-71-29-27-58-44-33-39(37-12-7-6-8-13-37)17-21-46(44)75-50(58)35-51-59(26-11-32-78(67,68)69)52-41-15-10-9-14-38(41)16-22-47(52)76-51;/h6-10,12-23,33-35H,3-5,11,24-32,36H2,1-2H3,(H2-,56,62,66,67,68,69);/q;+1/p-1. The van der Waals surface area contributed by atoms with Crippen LogP contribution in [0.5, 0.6) is 5.75 Å². The number of carbonyl (C=O) groups excluding carboxylic acids is 4. The molecule has 0 spiro atoms. The zero-order valence-corrected chi connectivity index (χ0v) is 48.9. The number of benzene rings is 5. The number of amides is 5. The summed E-state index contributed by atoms with van der Waals surface area (Å²) in [5.74, 6) is -2.02. The van der Waals surface area contributed by atoms with Gasteiger partial charge in [-0.1, -0.05) is 97.1 Å². The number of carbonyl (C=O) groups is 4. The number of nitrogens with one attached hydrogen (secondary N) is 1. The molecule has 19 nitrogen and oxygen atoms in total. The number of imide groups is 2. The molecule has 0 bridgehead atoms. The molecule has 0 aliphatic carbocycles. The number of aryl methyl sites for hydroxylation is 1. The van der Waals surface area contributed by atoms with Gasteiger partial charge in [-0.3, -0.25) is 24.3 Å². The van der Waals surface area contributed by atoms with Gasteiger partial charge in [0, 0.05) is 48.1 Å². The Morgan fingerprint density at radius 1 is 0.810 bits per heavy atom. The molecule has 9 rings (SSSR count). The van der Waals surface area contributed by atoms with Crippen molar-refractivity contribution in [3.8, 4) is 16.9 Å². The van der Waals surface area contributed by atoms with Gasteiger partial charge in [0.15, 0.2) is 12.3 Å². The summed E-state index contributed by atoms with van der Waals surface area (Å²) in [5, 5.41) is 20.5. The zero-order valence-electron chi connectivity index (χ0n) is 43.6. The number of fused-ring (bicyclic) bond motifs is 5. The first-order valence-electron chi connectivity index (χ1n) is 25.2. The quantitative estimate of drug-likeness (QED) is 0.00958. The Labute approximate surface area is 491 Å². The summed E-state index contributed by atoms with van der Waals surface area (Å²) in [6.07, 6.45) is 6.18. The molecule has 408 valence electrons. The van der Waals surface area contributed by atoms with Crippen molar-refractivity contribution in [2.45, 2.75) is 49.4 Å². The number of ether oxygens (including phenoxy) is 3. The van der Waals surface area contributed by atoms with Gasteiger partial charge in [-0.2, -0.15) is 8.90 Å². The number of urea groups is 1. The summed E-state index contributed by atoms with van der Waals surface area (Å²) in [5.41, 5.74) is 4.46. The second-order valence-corrected chi connectivity index (χ2v) is 22.4.